The molecule has 0 saturated carbocycles. The molecule has 2 amide bonds. The molecule has 1 heterocycles. The maximum absolute atomic E-state index is 13.3. The third kappa shape index (κ3) is 8.49. The van der Waals surface area contributed by atoms with Gasteiger partial charge in [-0.2, -0.15) is 4.31 Å². The monoisotopic (exact) mass is 588 g/mol. The zero-order chi connectivity index (χ0) is 30.2. The normalized spacial score (nSPS) is 19.7. The van der Waals surface area contributed by atoms with Gasteiger partial charge in [0.1, 0.15) is 18.3 Å². The van der Waals surface area contributed by atoms with Crippen molar-refractivity contribution in [2.45, 2.75) is 68.8 Å². The summed E-state index contributed by atoms with van der Waals surface area (Å²) < 4.78 is 33.3. The number of ether oxygens (including phenoxy) is 1. The highest BCUT2D eigenvalue weighted by Crippen LogP contribution is 2.30. The van der Waals surface area contributed by atoms with Crippen LogP contribution in [0.5, 0.6) is 0 Å². The number of carbonyl (C=O) groups is 3. The number of nitrogens with zero attached hydrogens (tertiary/aromatic N) is 1. The number of nitrogens with two attached hydrogens (primary N) is 1. The molecule has 1 saturated heterocycles. The van der Waals surface area contributed by atoms with Gasteiger partial charge in [0, 0.05) is 25.1 Å². The Hall–Kier alpha value is -4.01. The van der Waals surface area contributed by atoms with Crippen LogP contribution in [0.1, 0.15) is 38.7 Å². The number of unbranched alkanes of at least 4 members (excludes halogenated alkanes) is 1. The molecular formula is C27H36N6O7S. The van der Waals surface area contributed by atoms with Gasteiger partial charge in [-0.25, -0.2) is 13.2 Å². The van der Waals surface area contributed by atoms with Crippen molar-refractivity contribution in [2.75, 3.05) is 11.9 Å². The molecule has 1 aliphatic rings. The average molecular weight is 589 g/mol. The van der Waals surface area contributed by atoms with E-state index in [0.717, 1.165) is 4.31 Å². The van der Waals surface area contributed by atoms with Crippen LogP contribution in [0.4, 0.5) is 5.69 Å². The zero-order valence-electron chi connectivity index (χ0n) is 22.9. The molecule has 0 aliphatic carbocycles. The summed E-state index contributed by atoms with van der Waals surface area (Å²) in [4.78, 5) is 37.5. The lowest BCUT2D eigenvalue weighted by Crippen LogP contribution is -2.54. The van der Waals surface area contributed by atoms with Gasteiger partial charge in [0.25, 0.3) is 0 Å². The molecular weight excluding hydrogens is 552 g/mol. The van der Waals surface area contributed by atoms with Crippen LogP contribution < -0.4 is 21.7 Å². The first-order valence-electron chi connectivity index (χ1n) is 13.1. The molecule has 1 aliphatic heterocycles. The number of carbonyl (C=O) groups excluding carboxylic acids is 2. The van der Waals surface area contributed by atoms with Crippen molar-refractivity contribution in [3.63, 3.8) is 0 Å². The third-order valence-corrected chi connectivity index (χ3v) is 8.46. The lowest BCUT2D eigenvalue weighted by atomic mass is 10.0. The topological polar surface area (TPSA) is 204 Å². The van der Waals surface area contributed by atoms with Crippen LogP contribution in [0.3, 0.4) is 0 Å². The molecule has 1 fully saturated rings. The van der Waals surface area contributed by atoms with Crippen LogP contribution >= 0.6 is 0 Å². The Balaban J connectivity index is 1.62. The highest BCUT2D eigenvalue weighted by Gasteiger charge is 2.49. The molecule has 222 valence electrons. The Kier molecular flexibility index (Phi) is 10.8. The van der Waals surface area contributed by atoms with Crippen LogP contribution in [0.2, 0.25) is 0 Å². The van der Waals surface area contributed by atoms with Gasteiger partial charge in [0.2, 0.25) is 21.8 Å². The average Bonchev–Trinajstić information content (AvgIpc) is 3.23. The number of benzene rings is 2. The van der Waals surface area contributed by atoms with E-state index in [2.05, 4.69) is 16.0 Å². The van der Waals surface area contributed by atoms with Crippen molar-refractivity contribution >= 4 is 39.5 Å². The Labute approximate surface area is 239 Å². The number of nitrogens with one attached hydrogen (secondary N) is 4. The lowest BCUT2D eigenvalue weighted by molar-refractivity contribution is -0.142. The second-order valence-corrected chi connectivity index (χ2v) is 11.5. The molecule has 13 nitrogen and oxygen atoms in total. The summed E-state index contributed by atoms with van der Waals surface area (Å²) in [6.07, 6.45) is -0.248. The molecule has 4 atom stereocenters. The van der Waals surface area contributed by atoms with Crippen molar-refractivity contribution in [3.8, 4) is 0 Å². The predicted octanol–water partition coefficient (Wildman–Crippen LogP) is 1.21. The molecule has 0 spiro atoms. The Morgan fingerprint density at radius 3 is 2.34 bits per heavy atom. The van der Waals surface area contributed by atoms with Gasteiger partial charge in [-0.1, -0.05) is 30.3 Å². The summed E-state index contributed by atoms with van der Waals surface area (Å²) in [5.41, 5.74) is 6.33. The van der Waals surface area contributed by atoms with E-state index in [-0.39, 0.29) is 29.6 Å². The SMILES string of the molecule is CC1OC(C)N(S(=O)(=O)c2ccccc2)[C@@H]1C(=O)N[C@@H](Cc1ccc(NC(=O)CCCCNC(=N)N)cc1)C(=O)O. The van der Waals surface area contributed by atoms with Crippen LogP contribution in [0.15, 0.2) is 59.5 Å². The van der Waals surface area contributed by atoms with E-state index < -0.39 is 46.3 Å². The molecule has 0 radical (unpaired) electrons. The van der Waals surface area contributed by atoms with Crippen LogP contribution in [0.25, 0.3) is 0 Å². The summed E-state index contributed by atoms with van der Waals surface area (Å²) in [5, 5.41) is 24.8. The number of aliphatic carboxylic acids is 1. The smallest absolute Gasteiger partial charge is 0.326 e. The third-order valence-electron chi connectivity index (χ3n) is 6.51. The number of hydrogen-bond acceptors (Lipinski definition) is 7. The van der Waals surface area contributed by atoms with Crippen molar-refractivity contribution in [2.24, 2.45) is 5.73 Å². The number of rotatable bonds is 13. The minimum absolute atomic E-state index is 0.00527. The number of guanidine groups is 1. The fourth-order valence-electron chi connectivity index (χ4n) is 4.54. The first-order chi connectivity index (χ1) is 19.4. The first-order valence-corrected chi connectivity index (χ1v) is 14.6. The molecule has 7 N–H and O–H groups in total. The van der Waals surface area contributed by atoms with E-state index in [1.807, 2.05) is 0 Å². The fraction of sp³-hybridized carbons (Fsp3) is 0.407. The van der Waals surface area contributed by atoms with Crippen molar-refractivity contribution < 1.29 is 32.6 Å². The highest BCUT2D eigenvalue weighted by molar-refractivity contribution is 7.89. The van der Waals surface area contributed by atoms with Gasteiger partial charge in [-0.15, -0.1) is 0 Å². The van der Waals surface area contributed by atoms with E-state index in [0.29, 0.717) is 30.6 Å². The molecule has 3 rings (SSSR count). The van der Waals surface area contributed by atoms with Gasteiger partial charge in [0.15, 0.2) is 5.96 Å². The van der Waals surface area contributed by atoms with E-state index in [1.54, 1.807) is 49.4 Å². The molecule has 0 aromatic heterocycles. The number of amides is 2. The number of hydrogen-bond donors (Lipinski definition) is 6. The second kappa shape index (κ2) is 14.1. The maximum Gasteiger partial charge on any atom is 0.326 e. The Morgan fingerprint density at radius 1 is 1.07 bits per heavy atom. The highest BCUT2D eigenvalue weighted by atomic mass is 32.2. The summed E-state index contributed by atoms with van der Waals surface area (Å²) in [6, 6.07) is 11.6. The van der Waals surface area contributed by atoms with Crippen molar-refractivity contribution in [3.05, 3.63) is 60.2 Å². The van der Waals surface area contributed by atoms with Gasteiger partial charge in [-0.3, -0.25) is 15.0 Å². The van der Waals surface area contributed by atoms with E-state index in [1.165, 1.54) is 19.1 Å². The molecule has 14 heteroatoms. The van der Waals surface area contributed by atoms with Gasteiger partial charge in [-0.05, 0) is 56.5 Å². The quantitative estimate of drug-likeness (QED) is 0.113. The zero-order valence-corrected chi connectivity index (χ0v) is 23.7. The first kappa shape index (κ1) is 31.5. The van der Waals surface area contributed by atoms with Crippen molar-refractivity contribution in [1.82, 2.24) is 14.9 Å². The summed E-state index contributed by atoms with van der Waals surface area (Å²) in [7, 11) is -4.11. The van der Waals surface area contributed by atoms with Crippen LogP contribution in [-0.4, -0.2) is 72.5 Å². The summed E-state index contributed by atoms with van der Waals surface area (Å²) in [6.45, 7) is 3.59. The largest absolute Gasteiger partial charge is 0.480 e. The van der Waals surface area contributed by atoms with E-state index >= 15 is 0 Å². The van der Waals surface area contributed by atoms with Gasteiger partial charge in [0.05, 0.1) is 11.0 Å². The maximum atomic E-state index is 13.3. The minimum atomic E-state index is -4.11. The Bertz CT molecular complexity index is 1340. The van der Waals surface area contributed by atoms with Gasteiger partial charge >= 0.3 is 5.97 Å². The second-order valence-electron chi connectivity index (χ2n) is 9.68. The molecule has 0 bridgehead atoms. The number of carboxylic acid groups (broad SMARTS) is 1. The lowest BCUT2D eigenvalue weighted by Gasteiger charge is -2.27. The number of anilines is 1. The number of sulfonamides is 1. The standard InChI is InChI=1S/C27H36N6O7S/c1-17-24(33(18(2)40-17)41(38,39)21-8-4-3-5-9-21)25(35)32-22(26(36)37)16-19-11-13-20(14-12-19)31-23(34)10-6-7-15-30-27(28)29/h3-5,8-9,11-14,17-18,22,24H,6-7,10,15-16H2,1-2H3,(H,31,34)(H,32,35)(H,36,37)(H4,28,29,30)/t17?,18?,22-,24-/m0/s1. The minimum Gasteiger partial charge on any atom is -0.480 e. The molecule has 2 aromatic rings. The summed E-state index contributed by atoms with van der Waals surface area (Å²) in [5.74, 6) is -2.37. The molecule has 2 aromatic carbocycles. The van der Waals surface area contributed by atoms with E-state index in [4.69, 9.17) is 15.9 Å². The molecule has 41 heavy (non-hydrogen) atoms. The predicted molar refractivity (Wildman–Crippen MR) is 151 cm³/mol. The van der Waals surface area contributed by atoms with Crippen LogP contribution in [-0.2, 0) is 35.6 Å². The molecule has 2 unspecified atom stereocenters. The van der Waals surface area contributed by atoms with Crippen molar-refractivity contribution in [1.29, 1.82) is 5.41 Å². The fourth-order valence-corrected chi connectivity index (χ4v) is 6.29. The Morgan fingerprint density at radius 2 is 1.73 bits per heavy atom. The summed E-state index contributed by atoms with van der Waals surface area (Å²) >= 11 is 0. The van der Waals surface area contributed by atoms with E-state index in [9.17, 15) is 27.9 Å². The number of carboxylic acids is 1. The van der Waals surface area contributed by atoms with Gasteiger partial charge < -0.3 is 31.5 Å². The van der Waals surface area contributed by atoms with Crippen LogP contribution in [0, 0.1) is 5.41 Å².